The molecule has 0 atom stereocenters. The summed E-state index contributed by atoms with van der Waals surface area (Å²) in [4.78, 5) is 28.4. The second kappa shape index (κ2) is 7.11. The molecule has 3 rings (SSSR count). The molecule has 0 radical (unpaired) electrons. The molecule has 1 heterocycles. The van der Waals surface area contributed by atoms with E-state index in [-0.39, 0.29) is 18.4 Å². The Kier molecular flexibility index (Phi) is 4.91. The van der Waals surface area contributed by atoms with E-state index in [0.29, 0.717) is 29.4 Å². The predicted octanol–water partition coefficient (Wildman–Crippen LogP) is 3.82. The van der Waals surface area contributed by atoms with Crippen LogP contribution >= 0.6 is 11.6 Å². The van der Waals surface area contributed by atoms with Crippen LogP contribution in [0.15, 0.2) is 55.1 Å². The molecule has 0 aliphatic carbocycles. The maximum atomic E-state index is 12.7. The third-order valence-electron chi connectivity index (χ3n) is 4.33. The first-order valence-corrected chi connectivity index (χ1v) is 8.51. The van der Waals surface area contributed by atoms with E-state index in [1.54, 1.807) is 17.0 Å². The van der Waals surface area contributed by atoms with Gasteiger partial charge < -0.3 is 4.90 Å². The SMILES string of the molecule is C=C1c2ccccc2C(=O)N1CC(=O)N(CC)Cc1cccc(Cl)c1. The lowest BCUT2D eigenvalue weighted by Gasteiger charge is -2.25. The minimum atomic E-state index is -0.173. The molecule has 0 bridgehead atoms. The average Bonchev–Trinajstić information content (AvgIpc) is 2.85. The summed E-state index contributed by atoms with van der Waals surface area (Å²) >= 11 is 6.01. The number of rotatable bonds is 5. The van der Waals surface area contributed by atoms with Gasteiger partial charge in [0.25, 0.3) is 5.91 Å². The van der Waals surface area contributed by atoms with Crippen molar-refractivity contribution < 1.29 is 9.59 Å². The van der Waals surface area contributed by atoms with Crippen LogP contribution in [0.25, 0.3) is 5.70 Å². The van der Waals surface area contributed by atoms with Crippen LogP contribution in [-0.4, -0.2) is 34.7 Å². The average molecular weight is 355 g/mol. The van der Waals surface area contributed by atoms with E-state index in [1.165, 1.54) is 4.90 Å². The zero-order valence-corrected chi connectivity index (χ0v) is 14.8. The molecule has 0 fully saturated rings. The second-order valence-corrected chi connectivity index (χ2v) is 6.36. The highest BCUT2D eigenvalue weighted by molar-refractivity contribution is 6.30. The molecule has 0 spiro atoms. The third kappa shape index (κ3) is 3.44. The Balaban J connectivity index is 1.73. The van der Waals surface area contributed by atoms with Crippen LogP contribution < -0.4 is 0 Å². The normalized spacial score (nSPS) is 13.1. The minimum Gasteiger partial charge on any atom is -0.337 e. The van der Waals surface area contributed by atoms with Gasteiger partial charge in [-0.05, 0) is 30.7 Å². The smallest absolute Gasteiger partial charge is 0.259 e. The Labute approximate surface area is 152 Å². The van der Waals surface area contributed by atoms with Gasteiger partial charge in [-0.25, -0.2) is 0 Å². The zero-order valence-electron chi connectivity index (χ0n) is 14.0. The summed E-state index contributed by atoms with van der Waals surface area (Å²) in [5.74, 6) is -0.294. The predicted molar refractivity (Wildman–Crippen MR) is 99.1 cm³/mol. The molecule has 128 valence electrons. The number of halogens is 1. The molecular weight excluding hydrogens is 336 g/mol. The number of hydrogen-bond acceptors (Lipinski definition) is 2. The Hall–Kier alpha value is -2.59. The number of benzene rings is 2. The van der Waals surface area contributed by atoms with Crippen molar-refractivity contribution in [2.75, 3.05) is 13.1 Å². The topological polar surface area (TPSA) is 40.6 Å². The van der Waals surface area contributed by atoms with Crippen LogP contribution in [0.3, 0.4) is 0 Å². The van der Waals surface area contributed by atoms with Crippen LogP contribution in [0.2, 0.25) is 5.02 Å². The highest BCUT2D eigenvalue weighted by Crippen LogP contribution is 2.31. The summed E-state index contributed by atoms with van der Waals surface area (Å²) in [6.07, 6.45) is 0. The molecule has 0 N–H and O–H groups in total. The number of nitrogens with zero attached hydrogens (tertiary/aromatic N) is 2. The van der Waals surface area contributed by atoms with Gasteiger partial charge in [-0.3, -0.25) is 14.5 Å². The maximum Gasteiger partial charge on any atom is 0.259 e. The number of carbonyl (C=O) groups excluding carboxylic acids is 2. The van der Waals surface area contributed by atoms with E-state index in [2.05, 4.69) is 6.58 Å². The first-order valence-electron chi connectivity index (χ1n) is 8.13. The Morgan fingerprint density at radius 3 is 2.52 bits per heavy atom. The highest BCUT2D eigenvalue weighted by atomic mass is 35.5. The molecular formula is C20H19ClN2O2. The van der Waals surface area contributed by atoms with Gasteiger partial charge >= 0.3 is 0 Å². The van der Waals surface area contributed by atoms with Gasteiger partial charge in [-0.2, -0.15) is 0 Å². The van der Waals surface area contributed by atoms with Gasteiger partial charge in [0.05, 0.1) is 0 Å². The Morgan fingerprint density at radius 1 is 1.16 bits per heavy atom. The van der Waals surface area contributed by atoms with E-state index in [9.17, 15) is 9.59 Å². The zero-order chi connectivity index (χ0) is 18.0. The van der Waals surface area contributed by atoms with E-state index in [4.69, 9.17) is 11.6 Å². The number of likely N-dealkylation sites (N-methyl/N-ethyl adjacent to an activating group) is 1. The molecule has 4 nitrogen and oxygen atoms in total. The monoisotopic (exact) mass is 354 g/mol. The molecule has 5 heteroatoms. The quantitative estimate of drug-likeness (QED) is 0.819. The van der Waals surface area contributed by atoms with Crippen molar-refractivity contribution in [2.45, 2.75) is 13.5 Å². The first-order chi connectivity index (χ1) is 12.0. The second-order valence-electron chi connectivity index (χ2n) is 5.92. The minimum absolute atomic E-state index is 0.0131. The molecule has 2 amide bonds. The van der Waals surface area contributed by atoms with E-state index < -0.39 is 0 Å². The van der Waals surface area contributed by atoms with Crippen molar-refractivity contribution in [3.63, 3.8) is 0 Å². The molecule has 1 aliphatic heterocycles. The fourth-order valence-corrected chi connectivity index (χ4v) is 3.18. The summed E-state index contributed by atoms with van der Waals surface area (Å²) in [5, 5.41) is 0.638. The van der Waals surface area contributed by atoms with E-state index >= 15 is 0 Å². The number of fused-ring (bicyclic) bond motifs is 1. The van der Waals surface area contributed by atoms with Crippen molar-refractivity contribution in [3.05, 3.63) is 76.8 Å². The molecule has 25 heavy (non-hydrogen) atoms. The molecule has 0 unspecified atom stereocenters. The Bertz CT molecular complexity index is 812. The van der Waals surface area contributed by atoms with Crippen molar-refractivity contribution in [3.8, 4) is 0 Å². The van der Waals surface area contributed by atoms with Gasteiger partial charge in [0.2, 0.25) is 5.91 Å². The number of amides is 2. The molecule has 0 aromatic heterocycles. The van der Waals surface area contributed by atoms with Gasteiger partial charge in [-0.15, -0.1) is 0 Å². The van der Waals surface area contributed by atoms with Crippen molar-refractivity contribution in [1.82, 2.24) is 9.80 Å². The summed E-state index contributed by atoms with van der Waals surface area (Å²) in [6, 6.07) is 14.7. The van der Waals surface area contributed by atoms with Crippen molar-refractivity contribution in [1.29, 1.82) is 0 Å². The number of carbonyl (C=O) groups is 2. The van der Waals surface area contributed by atoms with Crippen LogP contribution in [0.4, 0.5) is 0 Å². The van der Waals surface area contributed by atoms with Crippen LogP contribution in [-0.2, 0) is 11.3 Å². The van der Waals surface area contributed by atoms with Crippen LogP contribution in [0.5, 0.6) is 0 Å². The van der Waals surface area contributed by atoms with Gasteiger partial charge in [0.15, 0.2) is 0 Å². The van der Waals surface area contributed by atoms with Crippen molar-refractivity contribution >= 4 is 29.1 Å². The maximum absolute atomic E-state index is 12.7. The van der Waals surface area contributed by atoms with Gasteiger partial charge in [0.1, 0.15) is 6.54 Å². The summed E-state index contributed by atoms with van der Waals surface area (Å²) in [6.45, 7) is 6.88. The molecule has 2 aromatic rings. The molecule has 1 aliphatic rings. The molecule has 0 saturated carbocycles. The number of hydrogen-bond donors (Lipinski definition) is 0. The standard InChI is InChI=1S/C20H19ClN2O2/c1-3-22(12-15-7-6-8-16(21)11-15)19(24)13-23-14(2)17-9-4-5-10-18(17)20(23)25/h4-11H,2-3,12-13H2,1H3. The van der Waals surface area contributed by atoms with Gasteiger partial charge in [-0.1, -0.05) is 48.5 Å². The highest BCUT2D eigenvalue weighted by Gasteiger charge is 2.32. The lowest BCUT2D eigenvalue weighted by atomic mass is 10.1. The Morgan fingerprint density at radius 2 is 1.88 bits per heavy atom. The summed E-state index contributed by atoms with van der Waals surface area (Å²) in [7, 11) is 0. The van der Waals surface area contributed by atoms with E-state index in [0.717, 1.165) is 11.1 Å². The van der Waals surface area contributed by atoms with Gasteiger partial charge in [0, 0.05) is 34.9 Å². The summed E-state index contributed by atoms with van der Waals surface area (Å²) < 4.78 is 0. The fourth-order valence-electron chi connectivity index (χ4n) is 2.97. The van der Waals surface area contributed by atoms with Crippen molar-refractivity contribution in [2.24, 2.45) is 0 Å². The van der Waals surface area contributed by atoms with E-state index in [1.807, 2.05) is 43.3 Å². The summed E-state index contributed by atoms with van der Waals surface area (Å²) in [5.41, 5.74) is 2.92. The first kappa shape index (κ1) is 17.2. The van der Waals surface area contributed by atoms with Crippen LogP contribution in [0, 0.1) is 0 Å². The largest absolute Gasteiger partial charge is 0.337 e. The molecule has 2 aromatic carbocycles. The molecule has 0 saturated heterocycles. The fraction of sp³-hybridized carbons (Fsp3) is 0.200. The third-order valence-corrected chi connectivity index (χ3v) is 4.56. The van der Waals surface area contributed by atoms with Crippen LogP contribution in [0.1, 0.15) is 28.4 Å². The lowest BCUT2D eigenvalue weighted by Crippen LogP contribution is -2.39. The lowest BCUT2D eigenvalue weighted by molar-refractivity contribution is -0.131.